The van der Waals surface area contributed by atoms with Crippen molar-refractivity contribution < 1.29 is 18.3 Å². The fraction of sp³-hybridized carbons (Fsp3) is 0.278. The van der Waals surface area contributed by atoms with E-state index in [0.717, 1.165) is 12.1 Å². The number of β-amino-alcohol motifs (C(OH)–C–C–N with tert-alkyl or cyclic N) is 1. The lowest BCUT2D eigenvalue weighted by atomic mass is 10.1. The molecule has 1 fully saturated rings. The van der Waals surface area contributed by atoms with Gasteiger partial charge < -0.3 is 15.7 Å². The normalized spacial score (nSPS) is 19.4. The molecule has 3 N–H and O–H groups in total. The zero-order chi connectivity index (χ0) is 19.0. The van der Waals surface area contributed by atoms with Gasteiger partial charge in [0.25, 0.3) is 0 Å². The summed E-state index contributed by atoms with van der Waals surface area (Å²) in [7, 11) is 0. The summed E-state index contributed by atoms with van der Waals surface area (Å²) in [4.78, 5) is 4.34. The number of aromatic nitrogens is 3. The predicted molar refractivity (Wildman–Crippen MR) is 101 cm³/mol. The summed E-state index contributed by atoms with van der Waals surface area (Å²) in [6.45, 7) is 1.08. The van der Waals surface area contributed by atoms with Crippen LogP contribution >= 0.6 is 12.4 Å². The number of rotatable bonds is 3. The van der Waals surface area contributed by atoms with E-state index in [4.69, 9.17) is 0 Å². The molecule has 0 saturated carbocycles. The summed E-state index contributed by atoms with van der Waals surface area (Å²) >= 11 is 0. The van der Waals surface area contributed by atoms with Crippen LogP contribution in [0.5, 0.6) is 0 Å². The second-order valence-corrected chi connectivity index (χ2v) is 6.35. The van der Waals surface area contributed by atoms with Gasteiger partial charge in [0.15, 0.2) is 5.82 Å². The molecule has 1 aliphatic heterocycles. The molecule has 0 unspecified atom stereocenters. The number of pyridine rings is 1. The summed E-state index contributed by atoms with van der Waals surface area (Å²) < 4.78 is 38.3. The molecule has 3 heterocycles. The van der Waals surface area contributed by atoms with E-state index < -0.39 is 17.8 Å². The number of nitrogens with one attached hydrogen (secondary N) is 2. The number of aliphatic hydroxyl groups excluding tert-OH is 1. The van der Waals surface area contributed by atoms with Gasteiger partial charge in [-0.1, -0.05) is 12.1 Å². The third kappa shape index (κ3) is 3.87. The molecule has 2 aromatic heterocycles. The summed E-state index contributed by atoms with van der Waals surface area (Å²) in [6.07, 6.45) is -3.35. The van der Waals surface area contributed by atoms with E-state index in [-0.39, 0.29) is 18.4 Å². The van der Waals surface area contributed by atoms with E-state index in [0.29, 0.717) is 41.1 Å². The van der Waals surface area contributed by atoms with Gasteiger partial charge in [0, 0.05) is 30.2 Å². The van der Waals surface area contributed by atoms with Crippen molar-refractivity contribution >= 4 is 29.1 Å². The van der Waals surface area contributed by atoms with Crippen molar-refractivity contribution in [1.29, 1.82) is 0 Å². The summed E-state index contributed by atoms with van der Waals surface area (Å²) in [5.41, 5.74) is 0.691. The minimum atomic E-state index is -4.39. The first-order valence-electron chi connectivity index (χ1n) is 8.38. The average molecular weight is 412 g/mol. The van der Waals surface area contributed by atoms with Gasteiger partial charge in [-0.3, -0.25) is 4.98 Å². The van der Waals surface area contributed by atoms with Crippen LogP contribution in [0.3, 0.4) is 0 Å². The second-order valence-electron chi connectivity index (χ2n) is 6.35. The Labute approximate surface area is 164 Å². The molecule has 0 aliphatic carbocycles. The Morgan fingerprint density at radius 2 is 1.82 bits per heavy atom. The van der Waals surface area contributed by atoms with Crippen molar-refractivity contribution in [3.8, 4) is 11.3 Å². The van der Waals surface area contributed by atoms with E-state index in [9.17, 15) is 18.3 Å². The molecule has 2 atom stereocenters. The first kappa shape index (κ1) is 20.2. The third-order valence-corrected chi connectivity index (χ3v) is 4.53. The quantitative estimate of drug-likeness (QED) is 0.614. The van der Waals surface area contributed by atoms with Crippen molar-refractivity contribution in [2.75, 3.05) is 18.4 Å². The van der Waals surface area contributed by atoms with Crippen LogP contribution < -0.4 is 10.6 Å². The summed E-state index contributed by atoms with van der Waals surface area (Å²) in [5.74, 6) is 0.474. The van der Waals surface area contributed by atoms with Gasteiger partial charge in [-0.25, -0.2) is 0 Å². The number of anilines is 1. The highest BCUT2D eigenvalue weighted by Gasteiger charge is 2.30. The zero-order valence-corrected chi connectivity index (χ0v) is 15.3. The lowest BCUT2D eigenvalue weighted by Gasteiger charge is -2.17. The number of aliphatic hydroxyl groups is 1. The molecular weight excluding hydrogens is 395 g/mol. The van der Waals surface area contributed by atoms with E-state index in [1.165, 1.54) is 12.1 Å². The van der Waals surface area contributed by atoms with Crippen LogP contribution in [-0.4, -0.2) is 45.5 Å². The van der Waals surface area contributed by atoms with Crippen molar-refractivity contribution in [3.05, 3.63) is 48.2 Å². The third-order valence-electron chi connectivity index (χ3n) is 4.53. The Morgan fingerprint density at radius 1 is 1.07 bits per heavy atom. The molecule has 28 heavy (non-hydrogen) atoms. The van der Waals surface area contributed by atoms with Crippen molar-refractivity contribution in [2.24, 2.45) is 0 Å². The number of halogens is 4. The molecule has 1 saturated heterocycles. The van der Waals surface area contributed by atoms with Gasteiger partial charge in [0.1, 0.15) is 11.2 Å². The Hall–Kier alpha value is -2.49. The Morgan fingerprint density at radius 3 is 2.46 bits per heavy atom. The van der Waals surface area contributed by atoms with Crippen molar-refractivity contribution in [1.82, 2.24) is 20.5 Å². The molecule has 10 heteroatoms. The fourth-order valence-electron chi connectivity index (χ4n) is 3.09. The van der Waals surface area contributed by atoms with Crippen molar-refractivity contribution in [3.63, 3.8) is 0 Å². The van der Waals surface area contributed by atoms with Gasteiger partial charge in [-0.15, -0.1) is 22.6 Å². The van der Waals surface area contributed by atoms with Gasteiger partial charge in [-0.2, -0.15) is 13.2 Å². The van der Waals surface area contributed by atoms with E-state index in [1.54, 1.807) is 12.3 Å². The van der Waals surface area contributed by atoms with Crippen LogP contribution in [0, 0.1) is 0 Å². The highest BCUT2D eigenvalue weighted by molar-refractivity contribution is 5.97. The molecule has 1 aliphatic rings. The molecule has 0 radical (unpaired) electrons. The molecule has 4 rings (SSSR count). The van der Waals surface area contributed by atoms with Gasteiger partial charge >= 0.3 is 6.18 Å². The number of alkyl halides is 3. The van der Waals surface area contributed by atoms with E-state index in [2.05, 4.69) is 25.8 Å². The first-order valence-corrected chi connectivity index (χ1v) is 8.38. The summed E-state index contributed by atoms with van der Waals surface area (Å²) in [5, 5.41) is 25.3. The lowest BCUT2D eigenvalue weighted by Crippen LogP contribution is -2.32. The van der Waals surface area contributed by atoms with Crippen LogP contribution in [-0.2, 0) is 6.18 Å². The minimum absolute atomic E-state index is 0. The Bertz CT molecular complexity index is 968. The second kappa shape index (κ2) is 7.86. The largest absolute Gasteiger partial charge is 0.416 e. The number of fused-ring (bicyclic) bond motifs is 1. The molecule has 0 spiro atoms. The van der Waals surface area contributed by atoms with Gasteiger partial charge in [0.05, 0.1) is 17.7 Å². The molecule has 6 nitrogen and oxygen atoms in total. The molecule has 0 bridgehead atoms. The lowest BCUT2D eigenvalue weighted by molar-refractivity contribution is -0.137. The maximum atomic E-state index is 12.8. The predicted octanol–water partition coefficient (Wildman–Crippen LogP) is 2.88. The minimum Gasteiger partial charge on any atom is -0.390 e. The van der Waals surface area contributed by atoms with E-state index in [1.807, 2.05) is 6.07 Å². The standard InChI is InChI=1S/C18H16F3N5O.ClH/c19-18(20,21)11-5-3-10(4-6-11)15-16-12(2-1-7-23-16)17(26-25-15)24-13-8-22-9-14(13)27;/h1-7,13-14,22,27H,8-9H2,(H,24,26);1H/t13-,14+;/m1./s1. The maximum Gasteiger partial charge on any atom is 0.416 e. The van der Waals surface area contributed by atoms with Gasteiger partial charge in [-0.05, 0) is 24.3 Å². The van der Waals surface area contributed by atoms with Crippen LogP contribution in [0.4, 0.5) is 19.0 Å². The SMILES string of the molecule is Cl.O[C@H]1CNC[C@H]1Nc1nnc(-c2ccc(C(F)(F)F)cc2)c2ncccc12. The highest BCUT2D eigenvalue weighted by atomic mass is 35.5. The molecule has 1 aromatic carbocycles. The Balaban J connectivity index is 0.00000225. The molecule has 3 aromatic rings. The monoisotopic (exact) mass is 411 g/mol. The number of benzene rings is 1. The molecular formula is C18H17ClF3N5O. The van der Waals surface area contributed by atoms with Crippen LogP contribution in [0.2, 0.25) is 0 Å². The highest BCUT2D eigenvalue weighted by Crippen LogP contribution is 2.33. The number of nitrogens with zero attached hydrogens (tertiary/aromatic N) is 3. The van der Waals surface area contributed by atoms with Crippen molar-refractivity contribution in [2.45, 2.75) is 18.3 Å². The maximum absolute atomic E-state index is 12.8. The number of hydrogen-bond donors (Lipinski definition) is 3. The van der Waals surface area contributed by atoms with Gasteiger partial charge in [0.2, 0.25) is 0 Å². The summed E-state index contributed by atoms with van der Waals surface area (Å²) in [6, 6.07) is 8.09. The van der Waals surface area contributed by atoms with Crippen LogP contribution in [0.1, 0.15) is 5.56 Å². The topological polar surface area (TPSA) is 83.0 Å². The fourth-order valence-corrected chi connectivity index (χ4v) is 3.09. The first-order chi connectivity index (χ1) is 12.9. The Kier molecular flexibility index (Phi) is 5.69. The smallest absolute Gasteiger partial charge is 0.390 e. The number of hydrogen-bond acceptors (Lipinski definition) is 6. The van der Waals surface area contributed by atoms with Crippen LogP contribution in [0.15, 0.2) is 42.6 Å². The molecule has 148 valence electrons. The average Bonchev–Trinajstić information content (AvgIpc) is 3.06. The van der Waals surface area contributed by atoms with Crippen LogP contribution in [0.25, 0.3) is 22.2 Å². The molecule has 0 amide bonds. The zero-order valence-electron chi connectivity index (χ0n) is 14.4. The van der Waals surface area contributed by atoms with E-state index >= 15 is 0 Å².